The molecule has 0 atom stereocenters. The summed E-state index contributed by atoms with van der Waals surface area (Å²) < 4.78 is 20.8. The van der Waals surface area contributed by atoms with Crippen LogP contribution in [-0.2, 0) is 0 Å². The van der Waals surface area contributed by atoms with Crippen molar-refractivity contribution in [2.24, 2.45) is 0 Å². The lowest BCUT2D eigenvalue weighted by Crippen LogP contribution is -2.03. The van der Waals surface area contributed by atoms with E-state index in [-0.39, 0.29) is 0 Å². The Morgan fingerprint density at radius 1 is 0.630 bits per heavy atom. The smallest absolute Gasteiger partial charge is 0.163 e. The molecule has 0 aliphatic heterocycles. The molecule has 0 spiro atoms. The van der Waals surface area contributed by atoms with Crippen LogP contribution in [0.25, 0.3) is 11.0 Å². The third kappa shape index (κ3) is 8.46. The fourth-order valence-corrected chi connectivity index (χ4v) is 3.66. The molecule has 4 nitrogen and oxygen atoms in total. The van der Waals surface area contributed by atoms with Crippen molar-refractivity contribution in [3.05, 3.63) is 12.1 Å². The Bertz CT molecular complexity index is 578. The molecule has 5 heteroatoms. The zero-order valence-corrected chi connectivity index (χ0v) is 18.0. The van der Waals surface area contributed by atoms with Gasteiger partial charge in [-0.05, 0) is 12.8 Å². The number of hydrogen-bond donors (Lipinski definition) is 0. The molecular formula is C22H36N2O2S. The minimum Gasteiger partial charge on any atom is -0.490 e. The minimum absolute atomic E-state index is 0.739. The average Bonchev–Trinajstić information content (AvgIpc) is 3.13. The van der Waals surface area contributed by atoms with E-state index in [9.17, 15) is 0 Å². The summed E-state index contributed by atoms with van der Waals surface area (Å²) in [6.45, 7) is 5.98. The zero-order valence-electron chi connectivity index (χ0n) is 17.2. The Balaban J connectivity index is 1.78. The van der Waals surface area contributed by atoms with Crippen LogP contribution in [0.3, 0.4) is 0 Å². The summed E-state index contributed by atoms with van der Waals surface area (Å²) in [7, 11) is 0. The summed E-state index contributed by atoms with van der Waals surface area (Å²) in [6.07, 6.45) is 15.2. The van der Waals surface area contributed by atoms with Gasteiger partial charge >= 0.3 is 0 Å². The number of aromatic nitrogens is 2. The Kier molecular flexibility index (Phi) is 11.2. The maximum absolute atomic E-state index is 6.04. The van der Waals surface area contributed by atoms with E-state index < -0.39 is 0 Å². The lowest BCUT2D eigenvalue weighted by atomic mass is 10.1. The average molecular weight is 393 g/mol. The van der Waals surface area contributed by atoms with Crippen molar-refractivity contribution >= 4 is 22.8 Å². The van der Waals surface area contributed by atoms with E-state index in [2.05, 4.69) is 22.6 Å². The molecule has 0 amide bonds. The van der Waals surface area contributed by atoms with E-state index in [1.54, 1.807) is 0 Å². The van der Waals surface area contributed by atoms with Crippen LogP contribution >= 0.6 is 11.7 Å². The van der Waals surface area contributed by atoms with Crippen LogP contribution in [0.15, 0.2) is 12.1 Å². The lowest BCUT2D eigenvalue weighted by molar-refractivity contribution is 0.259. The van der Waals surface area contributed by atoms with E-state index in [1.165, 1.54) is 75.9 Å². The number of nitrogens with zero attached hydrogens (tertiary/aromatic N) is 2. The number of fused-ring (bicyclic) bond motifs is 1. The van der Waals surface area contributed by atoms with Crippen molar-refractivity contribution in [3.63, 3.8) is 0 Å². The molecule has 0 saturated carbocycles. The molecule has 0 radical (unpaired) electrons. The first kappa shape index (κ1) is 21.9. The first-order valence-electron chi connectivity index (χ1n) is 10.9. The lowest BCUT2D eigenvalue weighted by Gasteiger charge is -2.13. The van der Waals surface area contributed by atoms with E-state index in [0.29, 0.717) is 0 Å². The maximum Gasteiger partial charge on any atom is 0.163 e. The molecule has 1 heterocycles. The van der Waals surface area contributed by atoms with Gasteiger partial charge in [0.1, 0.15) is 11.0 Å². The Hall–Kier alpha value is -1.36. The van der Waals surface area contributed by atoms with Crippen LogP contribution in [0.4, 0.5) is 0 Å². The normalized spacial score (nSPS) is 11.2. The monoisotopic (exact) mass is 392 g/mol. The Labute approximate surface area is 169 Å². The summed E-state index contributed by atoms with van der Waals surface area (Å²) in [5.41, 5.74) is 1.79. The van der Waals surface area contributed by atoms with Crippen LogP contribution in [-0.4, -0.2) is 22.0 Å². The van der Waals surface area contributed by atoms with Gasteiger partial charge in [-0.2, -0.15) is 8.75 Å². The molecule has 0 unspecified atom stereocenters. The molecule has 2 aromatic rings. The van der Waals surface area contributed by atoms with Crippen molar-refractivity contribution in [2.45, 2.75) is 90.9 Å². The van der Waals surface area contributed by atoms with Gasteiger partial charge in [-0.25, -0.2) is 0 Å². The number of benzene rings is 1. The van der Waals surface area contributed by atoms with Gasteiger partial charge in [-0.3, -0.25) is 0 Å². The molecule has 0 bridgehead atoms. The standard InChI is InChI=1S/C22H36N2O2S/c1-3-5-7-9-11-13-15-25-21-17-19-20(24-27-23-19)18-22(21)26-16-14-12-10-8-6-4-2/h17-18H,3-16H2,1-2H3. The van der Waals surface area contributed by atoms with Crippen molar-refractivity contribution in [1.82, 2.24) is 8.75 Å². The highest BCUT2D eigenvalue weighted by atomic mass is 32.1. The predicted octanol–water partition coefficient (Wildman–Crippen LogP) is 7.17. The minimum atomic E-state index is 0.739. The Morgan fingerprint density at radius 3 is 1.48 bits per heavy atom. The Morgan fingerprint density at radius 2 is 1.04 bits per heavy atom. The van der Waals surface area contributed by atoms with E-state index >= 15 is 0 Å². The SMILES string of the molecule is CCCCCCCCOc1cc2nsnc2cc1OCCCCCCCC. The van der Waals surface area contributed by atoms with Crippen LogP contribution in [0.1, 0.15) is 90.9 Å². The number of ether oxygens (including phenoxy) is 2. The molecule has 0 N–H and O–H groups in total. The van der Waals surface area contributed by atoms with Crippen molar-refractivity contribution in [3.8, 4) is 11.5 Å². The van der Waals surface area contributed by atoms with Gasteiger partial charge in [0, 0.05) is 12.1 Å². The quantitative estimate of drug-likeness (QED) is 0.284. The molecule has 2 rings (SSSR count). The van der Waals surface area contributed by atoms with Gasteiger partial charge in [-0.15, -0.1) is 0 Å². The van der Waals surface area contributed by atoms with E-state index in [1.807, 2.05) is 12.1 Å². The molecular weight excluding hydrogens is 356 g/mol. The summed E-state index contributed by atoms with van der Waals surface area (Å²) in [6, 6.07) is 3.96. The van der Waals surface area contributed by atoms with E-state index in [0.717, 1.165) is 48.6 Å². The predicted molar refractivity (Wildman–Crippen MR) is 115 cm³/mol. The molecule has 1 aromatic heterocycles. The third-order valence-electron chi connectivity index (χ3n) is 4.83. The number of hydrogen-bond acceptors (Lipinski definition) is 5. The van der Waals surface area contributed by atoms with Crippen LogP contribution in [0, 0.1) is 0 Å². The largest absolute Gasteiger partial charge is 0.490 e. The topological polar surface area (TPSA) is 44.2 Å². The summed E-state index contributed by atoms with van der Waals surface area (Å²) in [5.74, 6) is 1.63. The molecule has 0 aliphatic rings. The second-order valence-corrected chi connectivity index (χ2v) is 7.81. The second kappa shape index (κ2) is 13.8. The van der Waals surface area contributed by atoms with Gasteiger partial charge < -0.3 is 9.47 Å². The maximum atomic E-state index is 6.04. The number of rotatable bonds is 16. The van der Waals surface area contributed by atoms with Crippen molar-refractivity contribution in [1.29, 1.82) is 0 Å². The van der Waals surface area contributed by atoms with Crippen LogP contribution in [0.2, 0.25) is 0 Å². The van der Waals surface area contributed by atoms with Crippen LogP contribution in [0.5, 0.6) is 11.5 Å². The highest BCUT2D eigenvalue weighted by Crippen LogP contribution is 2.32. The first-order chi connectivity index (χ1) is 13.3. The second-order valence-electron chi connectivity index (χ2n) is 7.28. The van der Waals surface area contributed by atoms with E-state index in [4.69, 9.17) is 9.47 Å². The highest BCUT2D eigenvalue weighted by molar-refractivity contribution is 7.00. The van der Waals surface area contributed by atoms with Crippen LogP contribution < -0.4 is 9.47 Å². The molecule has 1 aromatic carbocycles. The zero-order chi connectivity index (χ0) is 19.2. The third-order valence-corrected chi connectivity index (χ3v) is 5.39. The van der Waals surface area contributed by atoms with Gasteiger partial charge in [-0.1, -0.05) is 78.1 Å². The molecule has 0 aliphatic carbocycles. The fraction of sp³-hybridized carbons (Fsp3) is 0.727. The first-order valence-corrected chi connectivity index (χ1v) is 11.6. The molecule has 0 saturated heterocycles. The van der Waals surface area contributed by atoms with Gasteiger partial charge in [0.15, 0.2) is 11.5 Å². The number of unbranched alkanes of at least 4 members (excludes halogenated alkanes) is 10. The summed E-state index contributed by atoms with van der Waals surface area (Å²) in [4.78, 5) is 0. The molecule has 27 heavy (non-hydrogen) atoms. The highest BCUT2D eigenvalue weighted by Gasteiger charge is 2.10. The summed E-state index contributed by atoms with van der Waals surface area (Å²) >= 11 is 1.24. The summed E-state index contributed by atoms with van der Waals surface area (Å²) in [5, 5.41) is 0. The molecule has 0 fully saturated rings. The van der Waals surface area contributed by atoms with Gasteiger partial charge in [0.25, 0.3) is 0 Å². The molecule has 152 valence electrons. The fourth-order valence-electron chi connectivity index (χ4n) is 3.15. The van der Waals surface area contributed by atoms with Crippen molar-refractivity contribution in [2.75, 3.05) is 13.2 Å². The van der Waals surface area contributed by atoms with Crippen molar-refractivity contribution < 1.29 is 9.47 Å². The van der Waals surface area contributed by atoms with Gasteiger partial charge in [0.05, 0.1) is 24.9 Å². The van der Waals surface area contributed by atoms with Gasteiger partial charge in [0.2, 0.25) is 0 Å².